The Morgan fingerprint density at radius 1 is 1.36 bits per heavy atom. The number of hydrogen-bond donors (Lipinski definition) is 1. The van der Waals surface area contributed by atoms with E-state index < -0.39 is 0 Å². The Balaban J connectivity index is 1.33. The van der Waals surface area contributed by atoms with Crippen LogP contribution in [0.2, 0.25) is 0 Å². The zero-order valence-corrected chi connectivity index (χ0v) is 14.8. The van der Waals surface area contributed by atoms with Gasteiger partial charge >= 0.3 is 6.03 Å². The number of ether oxygens (including phenoxy) is 1. The molecule has 0 bridgehead atoms. The van der Waals surface area contributed by atoms with Gasteiger partial charge in [0.15, 0.2) is 6.10 Å². The fourth-order valence-corrected chi connectivity index (χ4v) is 3.78. The quantitative estimate of drug-likeness (QED) is 0.875. The Labute approximate surface area is 147 Å². The van der Waals surface area contributed by atoms with Gasteiger partial charge in [-0.15, -0.1) is 0 Å². The molecule has 2 atom stereocenters. The van der Waals surface area contributed by atoms with E-state index in [1.165, 1.54) is 24.2 Å². The van der Waals surface area contributed by atoms with Crippen molar-refractivity contribution in [3.05, 3.63) is 17.2 Å². The fraction of sp³-hybridized carbons (Fsp3) is 0.706. The molecule has 0 radical (unpaired) electrons. The highest BCUT2D eigenvalue weighted by Gasteiger charge is 2.39. The first-order chi connectivity index (χ1) is 12.1. The average Bonchev–Trinajstić information content (AvgIpc) is 3.29. The summed E-state index contributed by atoms with van der Waals surface area (Å²) in [5.74, 6) is 1.11. The maximum absolute atomic E-state index is 12.4. The Morgan fingerprint density at radius 2 is 2.20 bits per heavy atom. The number of oxime groups is 1. The maximum Gasteiger partial charge on any atom is 0.317 e. The number of nitrogens with one attached hydrogen (secondary N) is 1. The Bertz CT molecular complexity index is 699. The zero-order valence-electron chi connectivity index (χ0n) is 14.8. The summed E-state index contributed by atoms with van der Waals surface area (Å²) in [5.41, 5.74) is 3.37. The number of aromatic nitrogens is 2. The van der Waals surface area contributed by atoms with Crippen molar-refractivity contribution in [2.75, 3.05) is 26.8 Å². The second-order valence-electron chi connectivity index (χ2n) is 7.07. The van der Waals surface area contributed by atoms with Crippen LogP contribution in [0.15, 0.2) is 5.16 Å². The number of fused-ring (bicyclic) bond motifs is 2. The second kappa shape index (κ2) is 6.67. The molecule has 1 aliphatic carbocycles. The van der Waals surface area contributed by atoms with Crippen molar-refractivity contribution in [3.8, 4) is 0 Å². The van der Waals surface area contributed by atoms with Crippen LogP contribution in [0.1, 0.15) is 30.1 Å². The molecule has 3 heterocycles. The molecule has 1 aromatic rings. The van der Waals surface area contributed by atoms with Gasteiger partial charge in [-0.2, -0.15) is 0 Å². The number of carbonyl (C=O) groups excluding carboxylic acids is 1. The van der Waals surface area contributed by atoms with Crippen LogP contribution < -0.4 is 5.32 Å². The molecule has 4 rings (SSSR count). The number of carbonyl (C=O) groups is 1. The molecule has 0 aromatic carbocycles. The first-order valence-corrected chi connectivity index (χ1v) is 8.96. The summed E-state index contributed by atoms with van der Waals surface area (Å²) in [5, 5.41) is 7.00. The van der Waals surface area contributed by atoms with Crippen molar-refractivity contribution in [2.24, 2.45) is 18.1 Å². The molecule has 0 spiro atoms. The molecule has 25 heavy (non-hydrogen) atoms. The lowest BCUT2D eigenvalue weighted by Crippen LogP contribution is -2.41. The van der Waals surface area contributed by atoms with Crippen LogP contribution in [0.4, 0.5) is 4.79 Å². The minimum atomic E-state index is -0.133. The first kappa shape index (κ1) is 16.4. The van der Waals surface area contributed by atoms with Crippen molar-refractivity contribution >= 4 is 11.7 Å². The summed E-state index contributed by atoms with van der Waals surface area (Å²) in [7, 11) is 3.83. The van der Waals surface area contributed by atoms with E-state index in [0.717, 1.165) is 24.4 Å². The minimum Gasteiger partial charge on any atom is -0.389 e. The van der Waals surface area contributed by atoms with Crippen molar-refractivity contribution < 1.29 is 14.4 Å². The summed E-state index contributed by atoms with van der Waals surface area (Å²) in [6, 6.07) is -0.133. The molecule has 3 aliphatic rings. The van der Waals surface area contributed by atoms with Gasteiger partial charge < -0.3 is 24.4 Å². The van der Waals surface area contributed by atoms with Crippen LogP contribution in [-0.4, -0.2) is 59.1 Å². The van der Waals surface area contributed by atoms with E-state index in [0.29, 0.717) is 26.3 Å². The molecule has 1 aromatic heterocycles. The molecular formula is C17H25N5O3. The minimum absolute atomic E-state index is 0.0171. The topological polar surface area (TPSA) is 81.0 Å². The molecular weight excluding hydrogens is 322 g/mol. The van der Waals surface area contributed by atoms with Crippen LogP contribution in [0.5, 0.6) is 0 Å². The highest BCUT2D eigenvalue weighted by Crippen LogP contribution is 2.24. The van der Waals surface area contributed by atoms with Gasteiger partial charge in [0.1, 0.15) is 5.82 Å². The van der Waals surface area contributed by atoms with Gasteiger partial charge in [-0.05, 0) is 25.7 Å². The van der Waals surface area contributed by atoms with E-state index in [1.807, 2.05) is 7.05 Å². The van der Waals surface area contributed by atoms with Gasteiger partial charge in [0.25, 0.3) is 0 Å². The zero-order chi connectivity index (χ0) is 17.4. The summed E-state index contributed by atoms with van der Waals surface area (Å²) in [4.78, 5) is 24.1. The van der Waals surface area contributed by atoms with E-state index in [2.05, 4.69) is 15.0 Å². The van der Waals surface area contributed by atoms with Crippen LogP contribution in [-0.2, 0) is 36.0 Å². The second-order valence-corrected chi connectivity index (χ2v) is 7.07. The number of amides is 2. The van der Waals surface area contributed by atoms with Crippen molar-refractivity contribution in [1.82, 2.24) is 19.8 Å². The number of urea groups is 1. The van der Waals surface area contributed by atoms with E-state index in [-0.39, 0.29) is 18.1 Å². The molecule has 1 N–H and O–H groups in total. The average molecular weight is 347 g/mol. The van der Waals surface area contributed by atoms with Crippen LogP contribution in [0, 0.1) is 5.92 Å². The van der Waals surface area contributed by atoms with Gasteiger partial charge in [-0.3, -0.25) is 0 Å². The third kappa shape index (κ3) is 3.10. The normalized spacial score (nSPS) is 24.3. The van der Waals surface area contributed by atoms with Gasteiger partial charge in [-0.1, -0.05) is 5.16 Å². The molecule has 1 fully saturated rings. The van der Waals surface area contributed by atoms with Crippen molar-refractivity contribution in [2.45, 2.75) is 38.3 Å². The smallest absolute Gasteiger partial charge is 0.317 e. The highest BCUT2D eigenvalue weighted by atomic mass is 16.7. The van der Waals surface area contributed by atoms with Crippen molar-refractivity contribution in [3.63, 3.8) is 0 Å². The van der Waals surface area contributed by atoms with Crippen molar-refractivity contribution in [1.29, 1.82) is 0 Å². The van der Waals surface area contributed by atoms with Gasteiger partial charge in [0.05, 0.1) is 43.6 Å². The molecule has 8 heteroatoms. The summed E-state index contributed by atoms with van der Waals surface area (Å²) in [6.45, 7) is 2.08. The Morgan fingerprint density at radius 3 is 3.04 bits per heavy atom. The lowest BCUT2D eigenvalue weighted by Gasteiger charge is -2.18. The van der Waals surface area contributed by atoms with Crippen LogP contribution >= 0.6 is 0 Å². The van der Waals surface area contributed by atoms with E-state index in [9.17, 15) is 4.79 Å². The van der Waals surface area contributed by atoms with Gasteiger partial charge in [0.2, 0.25) is 0 Å². The third-order valence-corrected chi connectivity index (χ3v) is 5.37. The Hall–Kier alpha value is -2.09. The standard InChI is InChI=1S/C17H25N5O3/c1-21(8-16-19-12-5-3-4-6-14(12)22(16)2)17(23)18-7-13-11-9-24-10-15(11)25-20-13/h11,15H,3-10H2,1-2H3,(H,18,23)/t11-,15-/m1/s1. The molecule has 2 aliphatic heterocycles. The molecule has 136 valence electrons. The van der Waals surface area contributed by atoms with E-state index in [1.54, 1.807) is 11.9 Å². The molecule has 2 amide bonds. The van der Waals surface area contributed by atoms with E-state index in [4.69, 9.17) is 14.6 Å². The lowest BCUT2D eigenvalue weighted by atomic mass is 10.0. The Kier molecular flexibility index (Phi) is 4.37. The number of rotatable bonds is 4. The first-order valence-electron chi connectivity index (χ1n) is 8.96. The lowest BCUT2D eigenvalue weighted by molar-refractivity contribution is 0.0558. The predicted molar refractivity (Wildman–Crippen MR) is 91.3 cm³/mol. The number of aryl methyl sites for hydroxylation is 1. The van der Waals surface area contributed by atoms with E-state index >= 15 is 0 Å². The molecule has 1 saturated heterocycles. The number of nitrogens with zero attached hydrogens (tertiary/aromatic N) is 4. The SMILES string of the molecule is CN(Cc1nc2c(n1C)CCCC2)C(=O)NCC1=NO[C@@H]2COC[C@H]12. The largest absolute Gasteiger partial charge is 0.389 e. The predicted octanol–water partition coefficient (Wildman–Crippen LogP) is 0.842. The monoisotopic (exact) mass is 347 g/mol. The number of hydrogen-bond acceptors (Lipinski definition) is 5. The summed E-state index contributed by atoms with van der Waals surface area (Å²) in [6.07, 6.45) is 4.57. The summed E-state index contributed by atoms with van der Waals surface area (Å²) < 4.78 is 7.53. The maximum atomic E-state index is 12.4. The molecule has 8 nitrogen and oxygen atoms in total. The third-order valence-electron chi connectivity index (χ3n) is 5.37. The van der Waals surface area contributed by atoms with Crippen LogP contribution in [0.3, 0.4) is 0 Å². The fourth-order valence-electron chi connectivity index (χ4n) is 3.78. The molecule has 0 unspecified atom stereocenters. The van der Waals surface area contributed by atoms with Gasteiger partial charge in [0, 0.05) is 19.8 Å². The highest BCUT2D eigenvalue weighted by molar-refractivity contribution is 5.92. The van der Waals surface area contributed by atoms with Gasteiger partial charge in [-0.25, -0.2) is 9.78 Å². The van der Waals surface area contributed by atoms with Crippen LogP contribution in [0.25, 0.3) is 0 Å². The summed E-state index contributed by atoms with van der Waals surface area (Å²) >= 11 is 0. The molecule has 0 saturated carbocycles. The number of imidazole rings is 1.